The number of hydrogen-bond donors (Lipinski definition) is 1. The quantitative estimate of drug-likeness (QED) is 0.819. The minimum absolute atomic E-state index is 0.135. The van der Waals surface area contributed by atoms with Gasteiger partial charge in [0, 0.05) is 18.6 Å². The van der Waals surface area contributed by atoms with Gasteiger partial charge in [-0.1, -0.05) is 12.8 Å². The molecule has 0 bridgehead atoms. The predicted octanol–water partition coefficient (Wildman–Crippen LogP) is 2.50. The molecule has 0 aromatic heterocycles. The van der Waals surface area contributed by atoms with Crippen molar-refractivity contribution in [2.24, 2.45) is 5.92 Å². The number of likely N-dealkylation sites (N-methyl/N-ethyl adjacent to an activating group) is 1. The first-order valence-electron chi connectivity index (χ1n) is 8.46. The Morgan fingerprint density at radius 3 is 2.10 bits per heavy atom. The Morgan fingerprint density at radius 1 is 1.10 bits per heavy atom. The maximum atomic E-state index is 12.7. The summed E-state index contributed by atoms with van der Waals surface area (Å²) >= 11 is 0. The van der Waals surface area contributed by atoms with Crippen molar-refractivity contribution in [3.63, 3.8) is 0 Å². The number of carbonyl (C=O) groups is 1. The molecule has 0 aromatic carbocycles. The van der Waals surface area contributed by atoms with Crippen LogP contribution >= 0.6 is 0 Å². The lowest BCUT2D eigenvalue weighted by atomic mass is 9.86. The van der Waals surface area contributed by atoms with Gasteiger partial charge in [-0.3, -0.25) is 9.69 Å². The number of aliphatic hydroxyl groups excluding tert-OH is 1. The molecule has 1 amide bonds. The summed E-state index contributed by atoms with van der Waals surface area (Å²) < 4.78 is 0. The molecule has 0 spiro atoms. The lowest BCUT2D eigenvalue weighted by molar-refractivity contribution is -0.140. The SMILES string of the molecule is CC(C(=O)N(C(C)C)C(C)C)N(C)CC1CCCCC1O. The second-order valence-electron chi connectivity index (χ2n) is 7.16. The van der Waals surface area contributed by atoms with Crippen LogP contribution in [0.4, 0.5) is 0 Å². The Balaban J connectivity index is 2.63. The summed E-state index contributed by atoms with van der Waals surface area (Å²) in [6.07, 6.45) is 4.11. The molecule has 1 aliphatic rings. The summed E-state index contributed by atoms with van der Waals surface area (Å²) in [6, 6.07) is 0.297. The number of hydrogen-bond acceptors (Lipinski definition) is 3. The summed E-state index contributed by atoms with van der Waals surface area (Å²) in [5.41, 5.74) is 0. The lowest BCUT2D eigenvalue weighted by Gasteiger charge is -2.38. The van der Waals surface area contributed by atoms with Crippen molar-refractivity contribution in [2.75, 3.05) is 13.6 Å². The van der Waals surface area contributed by atoms with Crippen LogP contribution in [0.3, 0.4) is 0 Å². The van der Waals surface area contributed by atoms with Gasteiger partial charge in [0.05, 0.1) is 12.1 Å². The second kappa shape index (κ2) is 8.14. The Bertz CT molecular complexity index is 323. The highest BCUT2D eigenvalue weighted by molar-refractivity contribution is 5.82. The highest BCUT2D eigenvalue weighted by Gasteiger charge is 2.30. The van der Waals surface area contributed by atoms with Gasteiger partial charge in [0.1, 0.15) is 0 Å². The van der Waals surface area contributed by atoms with Gasteiger partial charge in [-0.2, -0.15) is 0 Å². The van der Waals surface area contributed by atoms with Crippen LogP contribution in [0.25, 0.3) is 0 Å². The molecule has 0 aromatic rings. The normalized spacial score (nSPS) is 24.7. The molecule has 1 fully saturated rings. The zero-order valence-corrected chi connectivity index (χ0v) is 14.7. The summed E-state index contributed by atoms with van der Waals surface area (Å²) in [4.78, 5) is 16.8. The smallest absolute Gasteiger partial charge is 0.240 e. The topological polar surface area (TPSA) is 43.8 Å². The van der Waals surface area contributed by atoms with E-state index in [-0.39, 0.29) is 30.1 Å². The van der Waals surface area contributed by atoms with Gasteiger partial charge in [-0.15, -0.1) is 0 Å². The van der Waals surface area contributed by atoms with E-state index in [1.54, 1.807) is 0 Å². The zero-order chi connectivity index (χ0) is 16.2. The molecule has 21 heavy (non-hydrogen) atoms. The lowest BCUT2D eigenvalue weighted by Crippen LogP contribution is -2.52. The summed E-state index contributed by atoms with van der Waals surface area (Å²) in [5.74, 6) is 0.498. The molecule has 4 heteroatoms. The molecular weight excluding hydrogens is 264 g/mol. The van der Waals surface area contributed by atoms with Crippen LogP contribution in [-0.2, 0) is 4.79 Å². The van der Waals surface area contributed by atoms with Crippen molar-refractivity contribution in [1.29, 1.82) is 0 Å². The van der Waals surface area contributed by atoms with Gasteiger partial charge < -0.3 is 10.0 Å². The fraction of sp³-hybridized carbons (Fsp3) is 0.941. The first kappa shape index (κ1) is 18.4. The molecular formula is C17H34N2O2. The highest BCUT2D eigenvalue weighted by Crippen LogP contribution is 2.25. The zero-order valence-electron chi connectivity index (χ0n) is 14.7. The van der Waals surface area contributed by atoms with Crippen molar-refractivity contribution < 1.29 is 9.90 Å². The third-order valence-corrected chi connectivity index (χ3v) is 4.78. The van der Waals surface area contributed by atoms with E-state index in [4.69, 9.17) is 0 Å². The molecule has 0 aliphatic heterocycles. The molecule has 0 saturated heterocycles. The van der Waals surface area contributed by atoms with Crippen molar-refractivity contribution in [1.82, 2.24) is 9.80 Å². The van der Waals surface area contributed by atoms with Crippen molar-refractivity contribution >= 4 is 5.91 Å². The first-order valence-corrected chi connectivity index (χ1v) is 8.46. The monoisotopic (exact) mass is 298 g/mol. The van der Waals surface area contributed by atoms with E-state index in [0.29, 0.717) is 5.92 Å². The Morgan fingerprint density at radius 2 is 1.62 bits per heavy atom. The second-order valence-corrected chi connectivity index (χ2v) is 7.16. The largest absolute Gasteiger partial charge is 0.393 e. The molecule has 1 aliphatic carbocycles. The van der Waals surface area contributed by atoms with Crippen molar-refractivity contribution in [3.05, 3.63) is 0 Å². The van der Waals surface area contributed by atoms with E-state index in [2.05, 4.69) is 32.6 Å². The number of carbonyl (C=O) groups excluding carboxylic acids is 1. The van der Waals surface area contributed by atoms with Gasteiger partial charge in [0.2, 0.25) is 5.91 Å². The number of amides is 1. The molecule has 4 nitrogen and oxygen atoms in total. The van der Waals surface area contributed by atoms with E-state index < -0.39 is 0 Å². The number of aliphatic hydroxyl groups is 1. The molecule has 124 valence electrons. The fourth-order valence-electron chi connectivity index (χ4n) is 3.44. The van der Waals surface area contributed by atoms with Gasteiger partial charge in [-0.05, 0) is 60.4 Å². The summed E-state index contributed by atoms with van der Waals surface area (Å²) in [6.45, 7) is 11.0. The molecule has 0 radical (unpaired) electrons. The third kappa shape index (κ3) is 4.96. The van der Waals surface area contributed by atoms with Crippen molar-refractivity contribution in [3.8, 4) is 0 Å². The van der Waals surface area contributed by atoms with E-state index in [1.165, 1.54) is 6.42 Å². The third-order valence-electron chi connectivity index (χ3n) is 4.78. The molecule has 0 heterocycles. The van der Waals surface area contributed by atoms with Crippen LogP contribution in [0, 0.1) is 5.92 Å². The minimum atomic E-state index is -0.199. The average Bonchev–Trinajstić information content (AvgIpc) is 2.39. The van der Waals surface area contributed by atoms with Crippen LogP contribution in [0.15, 0.2) is 0 Å². The van der Waals surface area contributed by atoms with E-state index >= 15 is 0 Å². The fourth-order valence-corrected chi connectivity index (χ4v) is 3.44. The summed E-state index contributed by atoms with van der Waals surface area (Å²) in [5, 5.41) is 10.1. The molecule has 3 atom stereocenters. The molecule has 3 unspecified atom stereocenters. The van der Waals surface area contributed by atoms with Crippen molar-refractivity contribution in [2.45, 2.75) is 84.5 Å². The number of nitrogens with zero attached hydrogens (tertiary/aromatic N) is 2. The van der Waals surface area contributed by atoms with E-state index in [9.17, 15) is 9.90 Å². The van der Waals surface area contributed by atoms with Crippen LogP contribution in [0.1, 0.15) is 60.3 Å². The van der Waals surface area contributed by atoms with Crippen LogP contribution in [0.2, 0.25) is 0 Å². The minimum Gasteiger partial charge on any atom is -0.393 e. The van der Waals surface area contributed by atoms with Gasteiger partial charge in [0.25, 0.3) is 0 Å². The Labute approximate surface area is 130 Å². The molecule has 1 N–H and O–H groups in total. The number of rotatable bonds is 6. The Kier molecular flexibility index (Phi) is 7.14. The summed E-state index contributed by atoms with van der Waals surface area (Å²) in [7, 11) is 2.00. The maximum Gasteiger partial charge on any atom is 0.240 e. The molecule has 1 rings (SSSR count). The van der Waals surface area contributed by atoms with E-state index in [0.717, 1.165) is 25.8 Å². The van der Waals surface area contributed by atoms with Crippen LogP contribution in [0.5, 0.6) is 0 Å². The van der Waals surface area contributed by atoms with Gasteiger partial charge in [0.15, 0.2) is 0 Å². The maximum absolute atomic E-state index is 12.7. The van der Waals surface area contributed by atoms with Crippen LogP contribution in [-0.4, -0.2) is 58.6 Å². The Hall–Kier alpha value is -0.610. The highest BCUT2D eigenvalue weighted by atomic mass is 16.3. The standard InChI is InChI=1S/C17H34N2O2/c1-12(2)19(13(3)4)17(21)14(5)18(6)11-15-9-7-8-10-16(15)20/h12-16,20H,7-11H2,1-6H3. The van der Waals surface area contributed by atoms with Gasteiger partial charge >= 0.3 is 0 Å². The van der Waals surface area contributed by atoms with E-state index in [1.807, 2.05) is 18.9 Å². The molecule has 1 saturated carbocycles. The average molecular weight is 298 g/mol. The van der Waals surface area contributed by atoms with Crippen LogP contribution < -0.4 is 0 Å². The first-order chi connectivity index (χ1) is 9.75. The van der Waals surface area contributed by atoms with Gasteiger partial charge in [-0.25, -0.2) is 0 Å². The predicted molar refractivity (Wildman–Crippen MR) is 87.2 cm³/mol.